The molecule has 0 aromatic heterocycles. The molecule has 3 N–H and O–H groups in total. The van der Waals surface area contributed by atoms with Crippen molar-refractivity contribution < 1.29 is 5.02 Å². The minimum atomic E-state index is -0.357. The van der Waals surface area contributed by atoms with Gasteiger partial charge in [-0.3, -0.25) is 0 Å². The van der Waals surface area contributed by atoms with Gasteiger partial charge in [-0.15, -0.1) is 0 Å². The van der Waals surface area contributed by atoms with Crippen LogP contribution in [0.5, 0.6) is 0 Å². The summed E-state index contributed by atoms with van der Waals surface area (Å²) < 4.78 is 0. The second kappa shape index (κ2) is 4.75. The number of rotatable bonds is 3. The molecule has 0 bridgehead atoms. The van der Waals surface area contributed by atoms with Crippen molar-refractivity contribution in [2.75, 3.05) is 19.6 Å². The van der Waals surface area contributed by atoms with Crippen molar-refractivity contribution in [2.45, 2.75) is 19.7 Å². The first-order chi connectivity index (χ1) is 5.29. The molecule has 0 unspecified atom stereocenters. The maximum Gasteiger partial charge on any atom is 0.373 e. The maximum atomic E-state index is 8.96. The van der Waals surface area contributed by atoms with Crippen LogP contribution < -0.4 is 10.5 Å². The van der Waals surface area contributed by atoms with Gasteiger partial charge in [-0.25, -0.2) is 0 Å². The molecule has 1 fully saturated rings. The molecule has 0 saturated carbocycles. The Morgan fingerprint density at radius 3 is 2.73 bits per heavy atom. The topological polar surface area (TPSA) is 44.3 Å². The van der Waals surface area contributed by atoms with Crippen LogP contribution in [0.15, 0.2) is 0 Å². The van der Waals surface area contributed by atoms with Gasteiger partial charge in [0.2, 0.25) is 0 Å². The molecule has 4 heteroatoms. The van der Waals surface area contributed by atoms with Gasteiger partial charge in [-0.05, 0) is 45.2 Å². The average Bonchev–Trinajstić information content (AvgIpc) is 2.03. The molecule has 0 aromatic rings. The van der Waals surface area contributed by atoms with E-state index >= 15 is 0 Å². The molecule has 0 aliphatic carbocycles. The van der Waals surface area contributed by atoms with Crippen LogP contribution in [0.3, 0.4) is 0 Å². The zero-order chi connectivity index (χ0) is 8.10. The Bertz CT molecular complexity index is 105. The first-order valence-electron chi connectivity index (χ1n) is 4.41. The summed E-state index contributed by atoms with van der Waals surface area (Å²) in [6.07, 6.45) is 2.47. The van der Waals surface area contributed by atoms with Gasteiger partial charge in [-0.1, -0.05) is 0 Å². The lowest BCUT2D eigenvalue weighted by Gasteiger charge is -2.22. The summed E-state index contributed by atoms with van der Waals surface area (Å²) in [7, 11) is -0.357. The number of piperidine rings is 1. The van der Waals surface area contributed by atoms with Gasteiger partial charge in [0.25, 0.3) is 0 Å². The average molecular weight is 156 g/mol. The van der Waals surface area contributed by atoms with Crippen LogP contribution in [-0.4, -0.2) is 31.7 Å². The zero-order valence-corrected chi connectivity index (χ0v) is 7.14. The first-order valence-corrected chi connectivity index (χ1v) is 4.41. The van der Waals surface area contributed by atoms with Crippen LogP contribution in [0, 0.1) is 5.92 Å². The van der Waals surface area contributed by atoms with E-state index in [1.54, 1.807) is 6.82 Å². The van der Waals surface area contributed by atoms with E-state index in [2.05, 4.69) is 10.5 Å². The van der Waals surface area contributed by atoms with Crippen molar-refractivity contribution >= 4 is 7.05 Å². The third-order valence-corrected chi connectivity index (χ3v) is 2.16. The lowest BCUT2D eigenvalue weighted by atomic mass is 9.86. The summed E-state index contributed by atoms with van der Waals surface area (Å²) in [5.41, 5.74) is 0. The molecule has 1 saturated heterocycles. The number of nitrogens with one attached hydrogen (secondary N) is 2. The predicted molar refractivity (Wildman–Crippen MR) is 47.4 cm³/mol. The van der Waals surface area contributed by atoms with E-state index in [1.807, 2.05) is 0 Å². The van der Waals surface area contributed by atoms with E-state index in [0.717, 1.165) is 25.6 Å². The highest BCUT2D eigenvalue weighted by Crippen LogP contribution is 2.09. The van der Waals surface area contributed by atoms with Gasteiger partial charge < -0.3 is 15.6 Å². The molecule has 0 radical (unpaired) electrons. The van der Waals surface area contributed by atoms with Gasteiger partial charge in [0.05, 0.1) is 0 Å². The lowest BCUT2D eigenvalue weighted by molar-refractivity contribution is 0.368. The van der Waals surface area contributed by atoms with Crippen molar-refractivity contribution in [1.29, 1.82) is 0 Å². The molecule has 11 heavy (non-hydrogen) atoms. The SMILES string of the molecule is CB(O)NCC1CCNCC1. The van der Waals surface area contributed by atoms with Gasteiger partial charge in [0, 0.05) is 0 Å². The fourth-order valence-corrected chi connectivity index (χ4v) is 1.42. The lowest BCUT2D eigenvalue weighted by Crippen LogP contribution is -2.38. The molecule has 0 atom stereocenters. The van der Waals surface area contributed by atoms with Crippen LogP contribution >= 0.6 is 0 Å². The second-order valence-electron chi connectivity index (χ2n) is 3.28. The first kappa shape index (κ1) is 9.04. The van der Waals surface area contributed by atoms with Crippen LogP contribution in [0.1, 0.15) is 12.8 Å². The van der Waals surface area contributed by atoms with E-state index in [4.69, 9.17) is 5.02 Å². The predicted octanol–water partition coefficient (Wildman–Crippen LogP) is -0.314. The second-order valence-corrected chi connectivity index (χ2v) is 3.28. The van der Waals surface area contributed by atoms with Crippen LogP contribution in [0.4, 0.5) is 0 Å². The van der Waals surface area contributed by atoms with Crippen LogP contribution in [0.2, 0.25) is 6.82 Å². The molecule has 0 amide bonds. The fraction of sp³-hybridized carbons (Fsp3) is 1.00. The summed E-state index contributed by atoms with van der Waals surface area (Å²) in [6, 6.07) is 0. The Labute approximate surface area is 68.7 Å². The molecule has 1 aliphatic rings. The van der Waals surface area contributed by atoms with E-state index in [-0.39, 0.29) is 7.05 Å². The molecular formula is C7H17BN2O. The molecule has 1 aliphatic heterocycles. The van der Waals surface area contributed by atoms with E-state index in [9.17, 15) is 0 Å². The number of hydrogen-bond acceptors (Lipinski definition) is 3. The summed E-state index contributed by atoms with van der Waals surface area (Å²) >= 11 is 0. The zero-order valence-electron chi connectivity index (χ0n) is 7.14. The van der Waals surface area contributed by atoms with Gasteiger partial charge in [-0.2, -0.15) is 0 Å². The minimum Gasteiger partial charge on any atom is -0.437 e. The standard InChI is InChI=1S/C7H17BN2O/c1-8(11)10-6-7-2-4-9-5-3-7/h7,9-11H,2-6H2,1H3. The summed E-state index contributed by atoms with van der Waals surface area (Å²) in [6.45, 7) is 4.98. The Kier molecular flexibility index (Phi) is 3.90. The van der Waals surface area contributed by atoms with Crippen LogP contribution in [-0.2, 0) is 0 Å². The highest BCUT2D eigenvalue weighted by molar-refractivity contribution is 6.45. The van der Waals surface area contributed by atoms with E-state index in [0.29, 0.717) is 0 Å². The minimum absolute atomic E-state index is 0.357. The van der Waals surface area contributed by atoms with Crippen molar-refractivity contribution in [3.63, 3.8) is 0 Å². The monoisotopic (exact) mass is 156 g/mol. The highest BCUT2D eigenvalue weighted by Gasteiger charge is 2.13. The van der Waals surface area contributed by atoms with Gasteiger partial charge >= 0.3 is 7.05 Å². The third-order valence-electron chi connectivity index (χ3n) is 2.16. The normalized spacial score (nSPS) is 20.2. The van der Waals surface area contributed by atoms with E-state index in [1.165, 1.54) is 12.8 Å². The van der Waals surface area contributed by atoms with Gasteiger partial charge in [0.15, 0.2) is 0 Å². The smallest absolute Gasteiger partial charge is 0.373 e. The van der Waals surface area contributed by atoms with Crippen molar-refractivity contribution in [3.05, 3.63) is 0 Å². The Balaban J connectivity index is 2.05. The summed E-state index contributed by atoms with van der Waals surface area (Å²) in [4.78, 5) is 0. The highest BCUT2D eigenvalue weighted by atomic mass is 16.2. The Morgan fingerprint density at radius 1 is 1.55 bits per heavy atom. The van der Waals surface area contributed by atoms with Crippen molar-refractivity contribution in [2.24, 2.45) is 5.92 Å². The Morgan fingerprint density at radius 2 is 2.18 bits per heavy atom. The van der Waals surface area contributed by atoms with Gasteiger partial charge in [0.1, 0.15) is 0 Å². The molecule has 1 rings (SSSR count). The molecule has 64 valence electrons. The largest absolute Gasteiger partial charge is 0.437 e. The molecule has 1 heterocycles. The van der Waals surface area contributed by atoms with Crippen LogP contribution in [0.25, 0.3) is 0 Å². The van der Waals surface area contributed by atoms with Crippen molar-refractivity contribution in [3.8, 4) is 0 Å². The summed E-state index contributed by atoms with van der Waals surface area (Å²) in [5, 5.41) is 15.3. The number of hydrogen-bond donors (Lipinski definition) is 3. The molecule has 3 nitrogen and oxygen atoms in total. The Hall–Kier alpha value is -0.0551. The fourth-order valence-electron chi connectivity index (χ4n) is 1.42. The third kappa shape index (κ3) is 3.75. The quantitative estimate of drug-likeness (QED) is 0.491. The summed E-state index contributed by atoms with van der Waals surface area (Å²) in [5.74, 6) is 0.755. The van der Waals surface area contributed by atoms with E-state index < -0.39 is 0 Å². The molecule has 0 spiro atoms. The molecule has 0 aromatic carbocycles. The maximum absolute atomic E-state index is 8.96. The molecular weight excluding hydrogens is 139 g/mol. The van der Waals surface area contributed by atoms with Crippen molar-refractivity contribution in [1.82, 2.24) is 10.5 Å².